The van der Waals surface area contributed by atoms with Crippen LogP contribution in [0.5, 0.6) is 0 Å². The largest absolute Gasteiger partial charge is 0.336 e. The molecule has 0 aromatic carbocycles. The first-order valence-corrected chi connectivity index (χ1v) is 7.88. The van der Waals surface area contributed by atoms with Crippen LogP contribution >= 0.6 is 12.4 Å². The first-order chi connectivity index (χ1) is 11.0. The molecule has 3 aromatic heterocycles. The van der Waals surface area contributed by atoms with E-state index >= 15 is 0 Å². The molecule has 4 rings (SSSR count). The van der Waals surface area contributed by atoms with E-state index < -0.39 is 5.54 Å². The van der Waals surface area contributed by atoms with Crippen LogP contribution in [0.1, 0.15) is 56.2 Å². The minimum Gasteiger partial charge on any atom is -0.336 e. The molecule has 1 aliphatic carbocycles. The van der Waals surface area contributed by atoms with Crippen LogP contribution in [0.2, 0.25) is 0 Å². The van der Waals surface area contributed by atoms with E-state index in [-0.39, 0.29) is 18.3 Å². The minimum atomic E-state index is -0.446. The van der Waals surface area contributed by atoms with Crippen molar-refractivity contribution in [3.8, 4) is 11.5 Å². The third kappa shape index (κ3) is 2.48. The van der Waals surface area contributed by atoms with Crippen LogP contribution < -0.4 is 5.73 Å². The highest BCUT2D eigenvalue weighted by Crippen LogP contribution is 2.38. The third-order valence-electron chi connectivity index (χ3n) is 4.58. The SMILES string of the molecule is Cc1noc2nc(C(C)C)cc(-c3nc(C4(N)CCC4)no3)c12.Cl. The number of aromatic nitrogens is 4. The molecule has 0 atom stereocenters. The van der Waals surface area contributed by atoms with E-state index in [9.17, 15) is 0 Å². The Hall–Kier alpha value is -1.99. The van der Waals surface area contributed by atoms with Gasteiger partial charge in [-0.15, -0.1) is 12.4 Å². The predicted octanol–water partition coefficient (Wildman–Crippen LogP) is 3.46. The molecule has 1 saturated carbocycles. The Bertz CT molecular complexity index is 882. The standard InChI is InChI=1S/C16H19N5O2.ClH/c1-8(2)11-7-10(12-9(3)20-23-14(12)18-11)13-19-15(21-22-13)16(17)5-4-6-16;/h7-8H,4-6,17H2,1-3H3;1H. The van der Waals surface area contributed by atoms with Gasteiger partial charge >= 0.3 is 0 Å². The van der Waals surface area contributed by atoms with E-state index in [0.717, 1.165) is 41.6 Å². The highest BCUT2D eigenvalue weighted by atomic mass is 35.5. The Kier molecular flexibility index (Phi) is 4.09. The average Bonchev–Trinajstić information content (AvgIpc) is 3.12. The summed E-state index contributed by atoms with van der Waals surface area (Å²) >= 11 is 0. The molecule has 0 spiro atoms. The topological polar surface area (TPSA) is 104 Å². The summed E-state index contributed by atoms with van der Waals surface area (Å²) in [5, 5.41) is 8.92. The van der Waals surface area contributed by atoms with Gasteiger partial charge in [0.1, 0.15) is 0 Å². The summed E-state index contributed by atoms with van der Waals surface area (Å²) in [7, 11) is 0. The summed E-state index contributed by atoms with van der Waals surface area (Å²) in [6.07, 6.45) is 2.88. The van der Waals surface area contributed by atoms with Gasteiger partial charge in [0.2, 0.25) is 0 Å². The molecular weight excluding hydrogens is 330 g/mol. The average molecular weight is 350 g/mol. The van der Waals surface area contributed by atoms with E-state index in [1.807, 2.05) is 13.0 Å². The Morgan fingerprint density at radius 1 is 1.17 bits per heavy atom. The summed E-state index contributed by atoms with van der Waals surface area (Å²) in [6.45, 7) is 6.02. The number of aryl methyl sites for hydroxylation is 1. The molecule has 8 heteroatoms. The van der Waals surface area contributed by atoms with Gasteiger partial charge in [0.15, 0.2) is 5.82 Å². The zero-order valence-electron chi connectivity index (χ0n) is 13.9. The predicted molar refractivity (Wildman–Crippen MR) is 90.9 cm³/mol. The molecule has 24 heavy (non-hydrogen) atoms. The van der Waals surface area contributed by atoms with E-state index in [1.165, 1.54) is 0 Å². The van der Waals surface area contributed by atoms with Gasteiger partial charge in [-0.2, -0.15) is 4.98 Å². The van der Waals surface area contributed by atoms with Gasteiger partial charge in [0, 0.05) is 5.69 Å². The Labute approximate surface area is 145 Å². The molecule has 2 N–H and O–H groups in total. The second-order valence-electron chi connectivity index (χ2n) is 6.63. The normalized spacial score (nSPS) is 16.2. The lowest BCUT2D eigenvalue weighted by Gasteiger charge is -2.34. The number of nitrogens with two attached hydrogens (primary N) is 1. The highest BCUT2D eigenvalue weighted by Gasteiger charge is 2.39. The summed E-state index contributed by atoms with van der Waals surface area (Å²) in [4.78, 5) is 9.07. The van der Waals surface area contributed by atoms with Crippen molar-refractivity contribution >= 4 is 23.5 Å². The first-order valence-electron chi connectivity index (χ1n) is 7.88. The van der Waals surface area contributed by atoms with Gasteiger partial charge in [-0.25, -0.2) is 4.98 Å². The summed E-state index contributed by atoms with van der Waals surface area (Å²) in [5.41, 5.74) is 8.79. The van der Waals surface area contributed by atoms with E-state index in [4.69, 9.17) is 14.8 Å². The molecule has 128 valence electrons. The van der Waals surface area contributed by atoms with Crippen molar-refractivity contribution in [2.75, 3.05) is 0 Å². The molecule has 3 aromatic rings. The highest BCUT2D eigenvalue weighted by molar-refractivity contribution is 5.91. The third-order valence-corrected chi connectivity index (χ3v) is 4.58. The van der Waals surface area contributed by atoms with Crippen molar-refractivity contribution in [2.24, 2.45) is 5.73 Å². The number of pyridine rings is 1. The van der Waals surface area contributed by atoms with E-state index in [2.05, 4.69) is 34.1 Å². The zero-order valence-corrected chi connectivity index (χ0v) is 14.7. The van der Waals surface area contributed by atoms with Crippen molar-refractivity contribution < 1.29 is 9.05 Å². The Balaban J connectivity index is 0.00000169. The molecule has 1 aliphatic rings. The maximum absolute atomic E-state index is 6.29. The van der Waals surface area contributed by atoms with Crippen LogP contribution in [-0.2, 0) is 5.54 Å². The molecule has 3 heterocycles. The molecule has 7 nitrogen and oxygen atoms in total. The molecule has 0 unspecified atom stereocenters. The van der Waals surface area contributed by atoms with Gasteiger partial charge < -0.3 is 14.8 Å². The van der Waals surface area contributed by atoms with Crippen LogP contribution in [0, 0.1) is 6.92 Å². The van der Waals surface area contributed by atoms with Crippen molar-refractivity contribution in [3.63, 3.8) is 0 Å². The minimum absolute atomic E-state index is 0. The van der Waals surface area contributed by atoms with Crippen molar-refractivity contribution in [1.82, 2.24) is 20.3 Å². The Morgan fingerprint density at radius 3 is 2.54 bits per heavy atom. The maximum atomic E-state index is 6.29. The van der Waals surface area contributed by atoms with Crippen molar-refractivity contribution in [3.05, 3.63) is 23.3 Å². The van der Waals surface area contributed by atoms with Crippen molar-refractivity contribution in [2.45, 2.75) is 51.5 Å². The fourth-order valence-corrected chi connectivity index (χ4v) is 2.89. The maximum Gasteiger partial charge on any atom is 0.259 e. The number of hydrogen-bond acceptors (Lipinski definition) is 7. The quantitative estimate of drug-likeness (QED) is 0.771. The lowest BCUT2D eigenvalue weighted by Crippen LogP contribution is -2.44. The van der Waals surface area contributed by atoms with Gasteiger partial charge in [-0.3, -0.25) is 0 Å². The van der Waals surface area contributed by atoms with Crippen LogP contribution in [0.4, 0.5) is 0 Å². The number of fused-ring (bicyclic) bond motifs is 1. The zero-order chi connectivity index (χ0) is 16.2. The van der Waals surface area contributed by atoms with Gasteiger partial charge in [-0.1, -0.05) is 24.2 Å². The summed E-state index contributed by atoms with van der Waals surface area (Å²) in [5.74, 6) is 1.26. The van der Waals surface area contributed by atoms with Crippen molar-refractivity contribution in [1.29, 1.82) is 0 Å². The fraction of sp³-hybridized carbons (Fsp3) is 0.500. The molecule has 1 fully saturated rings. The molecule has 0 saturated heterocycles. The smallest absolute Gasteiger partial charge is 0.259 e. The molecule has 0 bridgehead atoms. The fourth-order valence-electron chi connectivity index (χ4n) is 2.89. The van der Waals surface area contributed by atoms with Crippen LogP contribution in [-0.4, -0.2) is 20.3 Å². The second kappa shape index (κ2) is 5.82. The summed E-state index contributed by atoms with van der Waals surface area (Å²) < 4.78 is 10.8. The van der Waals surface area contributed by atoms with Gasteiger partial charge in [-0.05, 0) is 38.2 Å². The van der Waals surface area contributed by atoms with Crippen LogP contribution in [0.25, 0.3) is 22.6 Å². The first kappa shape index (κ1) is 16.9. The number of hydrogen-bond donors (Lipinski definition) is 1. The van der Waals surface area contributed by atoms with Gasteiger partial charge in [0.05, 0.1) is 22.2 Å². The van der Waals surface area contributed by atoms with Gasteiger partial charge in [0.25, 0.3) is 11.6 Å². The Morgan fingerprint density at radius 2 is 1.92 bits per heavy atom. The second-order valence-corrected chi connectivity index (χ2v) is 6.63. The number of nitrogens with zero attached hydrogens (tertiary/aromatic N) is 4. The number of halogens is 1. The van der Waals surface area contributed by atoms with E-state index in [0.29, 0.717) is 17.4 Å². The lowest BCUT2D eigenvalue weighted by molar-refractivity contribution is 0.229. The summed E-state index contributed by atoms with van der Waals surface area (Å²) in [6, 6.07) is 1.97. The number of rotatable bonds is 3. The molecule has 0 radical (unpaired) electrons. The van der Waals surface area contributed by atoms with Crippen LogP contribution in [0.15, 0.2) is 15.1 Å². The monoisotopic (exact) mass is 349 g/mol. The molecule has 0 aliphatic heterocycles. The lowest BCUT2D eigenvalue weighted by atomic mass is 9.77. The molecule has 0 amide bonds. The van der Waals surface area contributed by atoms with Crippen LogP contribution in [0.3, 0.4) is 0 Å². The van der Waals surface area contributed by atoms with E-state index in [1.54, 1.807) is 0 Å². The molecular formula is C16H20ClN5O2.